The molecule has 0 fully saturated rings. The number of anilines is 1. The molecule has 0 spiro atoms. The Morgan fingerprint density at radius 3 is 2.76 bits per heavy atom. The van der Waals surface area contributed by atoms with Gasteiger partial charge in [0.15, 0.2) is 0 Å². The number of hydrogen-bond acceptors (Lipinski definition) is 4. The number of ether oxygens (including phenoxy) is 1. The molecule has 0 saturated heterocycles. The highest BCUT2D eigenvalue weighted by atomic mass is 79.9. The molecule has 0 amide bonds. The Bertz CT molecular complexity index is 679. The van der Waals surface area contributed by atoms with Crippen LogP contribution >= 0.6 is 15.9 Å². The second kappa shape index (κ2) is 6.53. The number of nitro benzene ring substituents is 1. The zero-order valence-electron chi connectivity index (χ0n) is 11.1. The summed E-state index contributed by atoms with van der Waals surface area (Å²) >= 11 is 3.28. The third-order valence-electron chi connectivity index (χ3n) is 2.87. The van der Waals surface area contributed by atoms with Crippen LogP contribution in [0.4, 0.5) is 15.8 Å². The summed E-state index contributed by atoms with van der Waals surface area (Å²) in [6, 6.07) is 8.87. The second-order valence-electron chi connectivity index (χ2n) is 4.23. The molecule has 2 aromatic rings. The van der Waals surface area contributed by atoms with Crippen LogP contribution in [-0.4, -0.2) is 12.0 Å². The predicted molar refractivity (Wildman–Crippen MR) is 81.1 cm³/mol. The molecule has 0 aliphatic heterocycles. The number of halogens is 2. The fourth-order valence-electron chi connectivity index (χ4n) is 1.81. The maximum absolute atomic E-state index is 13.6. The van der Waals surface area contributed by atoms with Crippen LogP contribution in [-0.2, 0) is 6.54 Å². The van der Waals surface area contributed by atoms with Crippen molar-refractivity contribution in [3.8, 4) is 5.75 Å². The van der Waals surface area contributed by atoms with E-state index in [0.29, 0.717) is 17.0 Å². The number of nitrogens with one attached hydrogen (secondary N) is 1. The molecule has 0 radical (unpaired) electrons. The average Bonchev–Trinajstić information content (AvgIpc) is 2.47. The number of nitro groups is 1. The lowest BCUT2D eigenvalue weighted by Crippen LogP contribution is -2.04. The van der Waals surface area contributed by atoms with Crippen molar-refractivity contribution in [3.63, 3.8) is 0 Å². The second-order valence-corrected chi connectivity index (χ2v) is 5.15. The molecule has 0 unspecified atom stereocenters. The van der Waals surface area contributed by atoms with E-state index in [4.69, 9.17) is 4.74 Å². The fourth-order valence-corrected chi connectivity index (χ4v) is 2.22. The predicted octanol–water partition coefficient (Wildman–Crippen LogP) is 4.12. The molecule has 0 aromatic heterocycles. The van der Waals surface area contributed by atoms with Crippen LogP contribution in [0.3, 0.4) is 0 Å². The summed E-state index contributed by atoms with van der Waals surface area (Å²) in [5.41, 5.74) is 0.971. The Morgan fingerprint density at radius 2 is 2.10 bits per heavy atom. The van der Waals surface area contributed by atoms with Crippen LogP contribution in [0.2, 0.25) is 0 Å². The van der Waals surface area contributed by atoms with Crippen molar-refractivity contribution >= 4 is 27.3 Å². The summed E-state index contributed by atoms with van der Waals surface area (Å²) in [4.78, 5) is 10.2. The highest BCUT2D eigenvalue weighted by Gasteiger charge is 2.11. The average molecular weight is 355 g/mol. The minimum atomic E-state index is -0.500. The smallest absolute Gasteiger partial charge is 0.273 e. The first kappa shape index (κ1) is 15.2. The Balaban J connectivity index is 2.19. The lowest BCUT2D eigenvalue weighted by Gasteiger charge is -2.11. The van der Waals surface area contributed by atoms with Gasteiger partial charge in [-0.25, -0.2) is 4.39 Å². The SMILES string of the molecule is COc1cc([N+](=O)[O-])ccc1NCc1cc(Br)ccc1F. The van der Waals surface area contributed by atoms with Crippen molar-refractivity contribution in [2.45, 2.75) is 6.54 Å². The molecule has 2 rings (SSSR count). The number of rotatable bonds is 5. The van der Waals surface area contributed by atoms with Gasteiger partial charge in [-0.05, 0) is 24.3 Å². The molecule has 0 heterocycles. The van der Waals surface area contributed by atoms with Crippen LogP contribution in [0.25, 0.3) is 0 Å². The summed E-state index contributed by atoms with van der Waals surface area (Å²) in [6.45, 7) is 0.236. The van der Waals surface area contributed by atoms with Gasteiger partial charge >= 0.3 is 0 Å². The van der Waals surface area contributed by atoms with E-state index in [2.05, 4.69) is 21.2 Å². The topological polar surface area (TPSA) is 64.4 Å². The summed E-state index contributed by atoms with van der Waals surface area (Å²) in [5, 5.41) is 13.7. The quantitative estimate of drug-likeness (QED) is 0.647. The van der Waals surface area contributed by atoms with E-state index in [1.807, 2.05) is 0 Å². The lowest BCUT2D eigenvalue weighted by atomic mass is 10.2. The minimum absolute atomic E-state index is 0.0639. The Morgan fingerprint density at radius 1 is 1.33 bits per heavy atom. The first-order valence-corrected chi connectivity index (χ1v) is 6.81. The van der Waals surface area contributed by atoms with Crippen LogP contribution in [0.1, 0.15) is 5.56 Å². The molecular formula is C14H12BrFN2O3. The monoisotopic (exact) mass is 354 g/mol. The van der Waals surface area contributed by atoms with Gasteiger partial charge in [0.25, 0.3) is 5.69 Å². The Hall–Kier alpha value is -2.15. The minimum Gasteiger partial charge on any atom is -0.494 e. The highest BCUT2D eigenvalue weighted by molar-refractivity contribution is 9.10. The van der Waals surface area contributed by atoms with E-state index < -0.39 is 4.92 Å². The number of methoxy groups -OCH3 is 1. The maximum Gasteiger partial charge on any atom is 0.273 e. The summed E-state index contributed by atoms with van der Waals surface area (Å²) in [6.07, 6.45) is 0. The van der Waals surface area contributed by atoms with Gasteiger partial charge in [0.05, 0.1) is 23.8 Å². The fraction of sp³-hybridized carbons (Fsp3) is 0.143. The highest BCUT2D eigenvalue weighted by Crippen LogP contribution is 2.29. The first-order chi connectivity index (χ1) is 10.0. The normalized spacial score (nSPS) is 10.2. The molecule has 7 heteroatoms. The van der Waals surface area contributed by atoms with Crippen molar-refractivity contribution < 1.29 is 14.1 Å². The molecular weight excluding hydrogens is 343 g/mol. The van der Waals surface area contributed by atoms with E-state index in [1.54, 1.807) is 12.1 Å². The number of non-ortho nitro benzene ring substituents is 1. The molecule has 1 N–H and O–H groups in total. The van der Waals surface area contributed by atoms with Gasteiger partial charge in [-0.2, -0.15) is 0 Å². The van der Waals surface area contributed by atoms with Crippen molar-refractivity contribution in [1.82, 2.24) is 0 Å². The summed E-state index contributed by atoms with van der Waals surface area (Å²) in [7, 11) is 1.42. The number of nitrogens with zero attached hydrogens (tertiary/aromatic N) is 1. The van der Waals surface area contributed by atoms with Gasteiger partial charge in [0, 0.05) is 22.6 Å². The van der Waals surface area contributed by atoms with Gasteiger partial charge in [0.1, 0.15) is 11.6 Å². The van der Waals surface area contributed by atoms with Gasteiger partial charge in [-0.15, -0.1) is 0 Å². The van der Waals surface area contributed by atoms with E-state index in [0.717, 1.165) is 4.47 Å². The van der Waals surface area contributed by atoms with Crippen LogP contribution in [0.15, 0.2) is 40.9 Å². The first-order valence-electron chi connectivity index (χ1n) is 6.01. The molecule has 110 valence electrons. The van der Waals surface area contributed by atoms with Crippen LogP contribution < -0.4 is 10.1 Å². The number of hydrogen-bond donors (Lipinski definition) is 1. The molecule has 0 saturated carbocycles. The standard InChI is InChI=1S/C14H12BrFN2O3/c1-21-14-7-11(18(19)20)3-5-13(14)17-8-9-6-10(15)2-4-12(9)16/h2-7,17H,8H2,1H3. The lowest BCUT2D eigenvalue weighted by molar-refractivity contribution is -0.384. The third-order valence-corrected chi connectivity index (χ3v) is 3.37. The van der Waals surface area contributed by atoms with E-state index in [1.165, 1.54) is 31.4 Å². The molecule has 0 bridgehead atoms. The van der Waals surface area contributed by atoms with Gasteiger partial charge in [0.2, 0.25) is 0 Å². The van der Waals surface area contributed by atoms with Crippen molar-refractivity contribution in [2.75, 3.05) is 12.4 Å². The van der Waals surface area contributed by atoms with Gasteiger partial charge in [-0.3, -0.25) is 10.1 Å². The molecule has 0 aliphatic carbocycles. The third kappa shape index (κ3) is 3.69. The van der Waals surface area contributed by atoms with Crippen LogP contribution in [0.5, 0.6) is 5.75 Å². The summed E-state index contributed by atoms with van der Waals surface area (Å²) in [5.74, 6) is 0.00573. The van der Waals surface area contributed by atoms with Crippen LogP contribution in [0, 0.1) is 15.9 Å². The molecule has 2 aromatic carbocycles. The van der Waals surface area contributed by atoms with E-state index in [-0.39, 0.29) is 18.0 Å². The Labute approximate surface area is 129 Å². The van der Waals surface area contributed by atoms with E-state index >= 15 is 0 Å². The molecule has 0 aliphatic rings. The maximum atomic E-state index is 13.6. The summed E-state index contributed by atoms with van der Waals surface area (Å²) < 4.78 is 19.5. The zero-order chi connectivity index (χ0) is 15.4. The van der Waals surface area contributed by atoms with E-state index in [9.17, 15) is 14.5 Å². The largest absolute Gasteiger partial charge is 0.494 e. The van der Waals surface area contributed by atoms with Gasteiger partial charge < -0.3 is 10.1 Å². The van der Waals surface area contributed by atoms with Crippen molar-refractivity contribution in [2.24, 2.45) is 0 Å². The van der Waals surface area contributed by atoms with Crippen molar-refractivity contribution in [1.29, 1.82) is 0 Å². The number of benzene rings is 2. The molecule has 21 heavy (non-hydrogen) atoms. The molecule has 0 atom stereocenters. The molecule has 5 nitrogen and oxygen atoms in total. The zero-order valence-corrected chi connectivity index (χ0v) is 12.7. The van der Waals surface area contributed by atoms with Crippen molar-refractivity contribution in [3.05, 3.63) is 62.4 Å². The van der Waals surface area contributed by atoms with Gasteiger partial charge in [-0.1, -0.05) is 15.9 Å². The Kier molecular flexibility index (Phi) is 4.74.